The van der Waals surface area contributed by atoms with Gasteiger partial charge in [0.05, 0.1) is 12.9 Å². The number of ketones is 1. The van der Waals surface area contributed by atoms with E-state index in [9.17, 15) is 18.0 Å². The fourth-order valence-corrected chi connectivity index (χ4v) is 6.42. The molecule has 0 spiro atoms. The van der Waals surface area contributed by atoms with Crippen LogP contribution >= 0.6 is 0 Å². The summed E-state index contributed by atoms with van der Waals surface area (Å²) in [5, 5.41) is 0. The normalized spacial score (nSPS) is 30.7. The van der Waals surface area contributed by atoms with Crippen molar-refractivity contribution in [2.75, 3.05) is 12.9 Å². The van der Waals surface area contributed by atoms with Gasteiger partial charge in [-0.3, -0.25) is 9.59 Å². The number of Topliss-reactive ketones (excluding diaryl/α,β-unsaturated/α-hetero) is 1. The maximum Gasteiger partial charge on any atom is 0.324 e. The first-order valence-corrected chi connectivity index (χ1v) is 9.73. The molecule has 2 rings (SSSR count). The topological polar surface area (TPSA) is 89.5 Å². The Morgan fingerprint density at radius 3 is 2.39 bits per heavy atom. The molecule has 132 valence electrons. The maximum atomic E-state index is 12.7. The highest BCUT2D eigenvalue weighted by Gasteiger charge is 2.65. The summed E-state index contributed by atoms with van der Waals surface area (Å²) in [4.78, 5) is 24.3. The molecule has 0 aromatic heterocycles. The van der Waals surface area contributed by atoms with E-state index in [0.29, 0.717) is 12.8 Å². The van der Waals surface area contributed by atoms with Crippen LogP contribution in [-0.4, -0.2) is 39.1 Å². The van der Waals surface area contributed by atoms with Gasteiger partial charge in [-0.05, 0) is 30.1 Å². The minimum atomic E-state index is -3.78. The molecular weight excluding hydrogens is 318 g/mol. The number of ether oxygens (including phenoxy) is 1. The summed E-state index contributed by atoms with van der Waals surface area (Å²) in [5.74, 6) is -0.793. The van der Waals surface area contributed by atoms with Gasteiger partial charge in [-0.15, -0.1) is 0 Å². The van der Waals surface area contributed by atoms with Crippen molar-refractivity contribution < 1.29 is 22.7 Å². The number of esters is 1. The highest BCUT2D eigenvalue weighted by atomic mass is 32.2. The van der Waals surface area contributed by atoms with Crippen LogP contribution in [0.15, 0.2) is 0 Å². The summed E-state index contributed by atoms with van der Waals surface area (Å²) in [6, 6.07) is -0.932. The lowest BCUT2D eigenvalue weighted by Gasteiger charge is -2.36. The number of methoxy groups -OCH3 is 1. The number of sulfonamides is 1. The molecule has 0 heterocycles. The Labute approximate surface area is 138 Å². The van der Waals surface area contributed by atoms with E-state index in [1.807, 2.05) is 13.8 Å². The molecule has 6 nitrogen and oxygen atoms in total. The number of hydrogen-bond acceptors (Lipinski definition) is 5. The highest BCUT2D eigenvalue weighted by Crippen LogP contribution is 2.64. The molecule has 23 heavy (non-hydrogen) atoms. The van der Waals surface area contributed by atoms with Crippen molar-refractivity contribution >= 4 is 21.8 Å². The van der Waals surface area contributed by atoms with E-state index in [2.05, 4.69) is 9.46 Å². The van der Waals surface area contributed by atoms with Gasteiger partial charge in [-0.25, -0.2) is 13.1 Å². The molecule has 0 aromatic carbocycles. The third-order valence-electron chi connectivity index (χ3n) is 6.00. The lowest BCUT2D eigenvalue weighted by molar-refractivity contribution is -0.143. The molecule has 0 aromatic rings. The zero-order valence-electron chi connectivity index (χ0n) is 14.5. The molecule has 0 amide bonds. The van der Waals surface area contributed by atoms with Crippen LogP contribution in [0.4, 0.5) is 0 Å². The van der Waals surface area contributed by atoms with E-state index in [0.717, 1.165) is 6.42 Å². The van der Waals surface area contributed by atoms with Crippen LogP contribution < -0.4 is 4.72 Å². The van der Waals surface area contributed by atoms with Crippen LogP contribution in [0.3, 0.4) is 0 Å². The number of rotatable bonds is 6. The van der Waals surface area contributed by atoms with Gasteiger partial charge in [-0.1, -0.05) is 27.7 Å². The molecule has 7 heteroatoms. The first kappa shape index (κ1) is 18.4. The minimum Gasteiger partial charge on any atom is -0.468 e. The fraction of sp³-hybridized carbons (Fsp3) is 0.875. The third-order valence-corrected chi connectivity index (χ3v) is 7.49. The standard InChI is InChI=1S/C16H27NO5S/c1-10(2)13(14(19)22-5)17-23(20,21)9-16-7-6-11(8-12(16)18)15(16,3)4/h10-11,13,17H,6-9H2,1-5H3. The summed E-state index contributed by atoms with van der Waals surface area (Å²) in [5.41, 5.74) is -1.15. The Bertz CT molecular complexity index is 610. The zero-order valence-corrected chi connectivity index (χ0v) is 15.3. The van der Waals surface area contributed by atoms with Gasteiger partial charge in [0.1, 0.15) is 11.8 Å². The second-order valence-corrected chi connectivity index (χ2v) is 9.54. The average molecular weight is 345 g/mol. The van der Waals surface area contributed by atoms with Crippen molar-refractivity contribution in [2.45, 2.75) is 53.0 Å². The van der Waals surface area contributed by atoms with Crippen LogP contribution in [0.5, 0.6) is 0 Å². The molecule has 0 radical (unpaired) electrons. The minimum absolute atomic E-state index is 0.0447. The van der Waals surface area contributed by atoms with Gasteiger partial charge < -0.3 is 4.74 Å². The predicted molar refractivity (Wildman–Crippen MR) is 86.1 cm³/mol. The zero-order chi connectivity index (χ0) is 17.6. The van der Waals surface area contributed by atoms with E-state index in [1.54, 1.807) is 13.8 Å². The summed E-state index contributed by atoms with van der Waals surface area (Å²) in [7, 11) is -2.55. The van der Waals surface area contributed by atoms with Crippen molar-refractivity contribution in [3.63, 3.8) is 0 Å². The molecule has 1 N–H and O–H groups in total. The predicted octanol–water partition coefficient (Wildman–Crippen LogP) is 1.50. The number of fused-ring (bicyclic) bond motifs is 2. The van der Waals surface area contributed by atoms with Gasteiger partial charge in [0, 0.05) is 11.8 Å². The van der Waals surface area contributed by atoms with Gasteiger partial charge >= 0.3 is 5.97 Å². The van der Waals surface area contributed by atoms with E-state index >= 15 is 0 Å². The Morgan fingerprint density at radius 2 is 2.00 bits per heavy atom. The molecule has 0 saturated heterocycles. The molecule has 2 saturated carbocycles. The maximum absolute atomic E-state index is 12.7. The second kappa shape index (κ2) is 5.84. The van der Waals surface area contributed by atoms with Crippen molar-refractivity contribution in [3.05, 3.63) is 0 Å². The third kappa shape index (κ3) is 2.93. The van der Waals surface area contributed by atoms with E-state index < -0.39 is 27.4 Å². The van der Waals surface area contributed by atoms with E-state index in [4.69, 9.17) is 0 Å². The second-order valence-electron chi connectivity index (χ2n) is 7.79. The Hall–Kier alpha value is -0.950. The Morgan fingerprint density at radius 1 is 1.39 bits per heavy atom. The smallest absolute Gasteiger partial charge is 0.324 e. The molecule has 3 unspecified atom stereocenters. The molecule has 3 atom stereocenters. The summed E-state index contributed by atoms with van der Waals surface area (Å²) >= 11 is 0. The van der Waals surface area contributed by atoms with Gasteiger partial charge in [0.15, 0.2) is 0 Å². The van der Waals surface area contributed by atoms with Crippen molar-refractivity contribution in [1.29, 1.82) is 0 Å². The Kier molecular flexibility index (Phi) is 4.67. The molecule has 2 aliphatic rings. The summed E-state index contributed by atoms with van der Waals surface area (Å²) in [6.45, 7) is 7.48. The lowest BCUT2D eigenvalue weighted by Crippen LogP contribution is -2.50. The van der Waals surface area contributed by atoms with Crippen LogP contribution in [0.2, 0.25) is 0 Å². The fourth-order valence-electron chi connectivity index (χ4n) is 4.25. The largest absolute Gasteiger partial charge is 0.468 e. The average Bonchev–Trinajstić information content (AvgIpc) is 2.77. The Balaban J connectivity index is 2.24. The van der Waals surface area contributed by atoms with Gasteiger partial charge in [0.2, 0.25) is 10.0 Å². The first-order valence-electron chi connectivity index (χ1n) is 8.08. The summed E-state index contributed by atoms with van der Waals surface area (Å²) in [6.07, 6.45) is 1.96. The molecule has 2 fully saturated rings. The number of carbonyl (C=O) groups is 2. The number of hydrogen-bond donors (Lipinski definition) is 1. The van der Waals surface area contributed by atoms with Gasteiger partial charge in [-0.2, -0.15) is 0 Å². The monoisotopic (exact) mass is 345 g/mol. The summed E-state index contributed by atoms with van der Waals surface area (Å²) < 4.78 is 32.5. The number of carbonyl (C=O) groups excluding carboxylic acids is 2. The SMILES string of the molecule is COC(=O)C(NS(=O)(=O)CC12CCC(CC1=O)C2(C)C)C(C)C. The quantitative estimate of drug-likeness (QED) is 0.737. The van der Waals surface area contributed by atoms with Gasteiger partial charge in [0.25, 0.3) is 0 Å². The van der Waals surface area contributed by atoms with E-state index in [-0.39, 0.29) is 28.8 Å². The lowest BCUT2D eigenvalue weighted by atomic mass is 9.70. The molecule has 2 bridgehead atoms. The molecule has 2 aliphatic carbocycles. The molecule has 0 aliphatic heterocycles. The van der Waals surface area contributed by atoms with E-state index in [1.165, 1.54) is 7.11 Å². The highest BCUT2D eigenvalue weighted by molar-refractivity contribution is 7.89. The van der Waals surface area contributed by atoms with Crippen molar-refractivity contribution in [2.24, 2.45) is 22.7 Å². The van der Waals surface area contributed by atoms with Crippen molar-refractivity contribution in [3.8, 4) is 0 Å². The van der Waals surface area contributed by atoms with Crippen LogP contribution in [0.25, 0.3) is 0 Å². The molecular formula is C16H27NO5S. The number of nitrogens with one attached hydrogen (secondary N) is 1. The first-order chi connectivity index (χ1) is 10.5. The van der Waals surface area contributed by atoms with Crippen LogP contribution in [0.1, 0.15) is 47.0 Å². The van der Waals surface area contributed by atoms with Crippen molar-refractivity contribution in [1.82, 2.24) is 4.72 Å². The van der Waals surface area contributed by atoms with Crippen LogP contribution in [-0.2, 0) is 24.3 Å². The van der Waals surface area contributed by atoms with Crippen LogP contribution in [0, 0.1) is 22.7 Å².